The van der Waals surface area contributed by atoms with E-state index in [1.165, 1.54) is 0 Å². The molecule has 0 aromatic heterocycles. The van der Waals surface area contributed by atoms with Crippen LogP contribution in [0.25, 0.3) is 11.1 Å². The summed E-state index contributed by atoms with van der Waals surface area (Å²) >= 11 is 0. The maximum atomic E-state index is 11.7. The van der Waals surface area contributed by atoms with E-state index in [1.54, 1.807) is 12.1 Å². The first kappa shape index (κ1) is 10.7. The van der Waals surface area contributed by atoms with Crippen molar-refractivity contribution in [1.29, 1.82) is 0 Å². The second-order valence-corrected chi connectivity index (χ2v) is 5.86. The largest absolute Gasteiger partial charge is 0.337 e. The van der Waals surface area contributed by atoms with Gasteiger partial charge in [-0.25, -0.2) is 0 Å². The number of hydrogen-bond acceptors (Lipinski definition) is 1. The Morgan fingerprint density at radius 2 is 1.24 bits per heavy atom. The summed E-state index contributed by atoms with van der Waals surface area (Å²) in [5.74, 6) is 0. The van der Waals surface area contributed by atoms with Gasteiger partial charge in [-0.3, -0.25) is 4.57 Å². The van der Waals surface area contributed by atoms with Crippen molar-refractivity contribution in [2.75, 3.05) is 0 Å². The van der Waals surface area contributed by atoms with Crippen molar-refractivity contribution in [1.82, 2.24) is 0 Å². The molecule has 0 spiro atoms. The summed E-state index contributed by atoms with van der Waals surface area (Å²) in [5.41, 5.74) is 2.49. The van der Waals surface area contributed by atoms with Crippen LogP contribution in [0.5, 0.6) is 0 Å². The molecule has 0 saturated heterocycles. The van der Waals surface area contributed by atoms with Gasteiger partial charge in [-0.1, -0.05) is 48.5 Å². The molecule has 0 amide bonds. The van der Waals surface area contributed by atoms with E-state index >= 15 is 0 Å². The van der Waals surface area contributed by atoms with Gasteiger partial charge in [-0.05, 0) is 22.3 Å². The first-order valence-electron chi connectivity index (χ1n) is 5.32. The van der Waals surface area contributed by atoms with Crippen LogP contribution in [-0.2, 0) is 4.57 Å². The molecule has 2 aromatic rings. The molecule has 3 nitrogen and oxygen atoms in total. The van der Waals surface area contributed by atoms with Gasteiger partial charge >= 0.3 is 7.60 Å². The van der Waals surface area contributed by atoms with E-state index in [0.717, 1.165) is 22.3 Å². The van der Waals surface area contributed by atoms with E-state index in [1.807, 2.05) is 36.4 Å². The average molecular weight is 246 g/mol. The molecule has 0 bridgehead atoms. The molecule has 0 heterocycles. The molecule has 1 aliphatic carbocycles. The Bertz CT molecular complexity index is 585. The Labute approximate surface area is 98.9 Å². The lowest BCUT2D eigenvalue weighted by atomic mass is 10.1. The zero-order valence-electron chi connectivity index (χ0n) is 8.95. The molecular weight excluding hydrogens is 235 g/mol. The lowest BCUT2D eigenvalue weighted by molar-refractivity contribution is 0.365. The van der Waals surface area contributed by atoms with Gasteiger partial charge < -0.3 is 9.79 Å². The van der Waals surface area contributed by atoms with Gasteiger partial charge in [0.1, 0.15) is 5.66 Å². The summed E-state index contributed by atoms with van der Waals surface area (Å²) in [6, 6.07) is 14.8. The van der Waals surface area contributed by atoms with Crippen LogP contribution in [0.1, 0.15) is 16.8 Å². The summed E-state index contributed by atoms with van der Waals surface area (Å²) in [4.78, 5) is 19.0. The van der Waals surface area contributed by atoms with E-state index in [2.05, 4.69) is 0 Å². The molecule has 0 aliphatic heterocycles. The third kappa shape index (κ3) is 1.55. The van der Waals surface area contributed by atoms with Crippen LogP contribution in [-0.4, -0.2) is 9.79 Å². The molecule has 3 rings (SSSR count). The van der Waals surface area contributed by atoms with E-state index in [9.17, 15) is 14.4 Å². The van der Waals surface area contributed by atoms with Crippen LogP contribution >= 0.6 is 7.60 Å². The van der Waals surface area contributed by atoms with Crippen molar-refractivity contribution in [3.05, 3.63) is 59.7 Å². The first-order valence-corrected chi connectivity index (χ1v) is 7.00. The van der Waals surface area contributed by atoms with Crippen LogP contribution in [0.15, 0.2) is 48.5 Å². The summed E-state index contributed by atoms with van der Waals surface area (Å²) in [5, 5.41) is 0. The minimum absolute atomic E-state index is 0.724. The highest BCUT2D eigenvalue weighted by molar-refractivity contribution is 7.52. The fourth-order valence-corrected chi connectivity index (χ4v) is 3.67. The second-order valence-electron chi connectivity index (χ2n) is 4.17. The molecule has 0 saturated carbocycles. The number of hydrogen-bond donors (Lipinski definition) is 2. The number of rotatable bonds is 1. The van der Waals surface area contributed by atoms with Crippen LogP contribution in [0, 0.1) is 0 Å². The van der Waals surface area contributed by atoms with Crippen molar-refractivity contribution in [3.63, 3.8) is 0 Å². The third-order valence-electron chi connectivity index (χ3n) is 3.14. The fourth-order valence-electron chi connectivity index (χ4n) is 2.49. The molecule has 86 valence electrons. The maximum Gasteiger partial charge on any atom is 0.337 e. The van der Waals surface area contributed by atoms with Crippen molar-refractivity contribution < 1.29 is 14.4 Å². The number of benzene rings is 2. The van der Waals surface area contributed by atoms with Gasteiger partial charge in [0.2, 0.25) is 0 Å². The van der Waals surface area contributed by atoms with Gasteiger partial charge in [0.15, 0.2) is 0 Å². The van der Waals surface area contributed by atoms with Gasteiger partial charge in [0, 0.05) is 0 Å². The minimum Gasteiger partial charge on any atom is -0.324 e. The van der Waals surface area contributed by atoms with Crippen molar-refractivity contribution in [2.24, 2.45) is 0 Å². The molecule has 4 heteroatoms. The zero-order valence-corrected chi connectivity index (χ0v) is 9.84. The molecular formula is C13H11O3P. The summed E-state index contributed by atoms with van der Waals surface area (Å²) in [6.45, 7) is 0. The molecule has 2 aromatic carbocycles. The fraction of sp³-hybridized carbons (Fsp3) is 0.0769. The minimum atomic E-state index is -4.18. The lowest BCUT2D eigenvalue weighted by Crippen LogP contribution is -1.97. The maximum absolute atomic E-state index is 11.7. The Balaban J connectivity index is 2.35. The molecule has 0 atom stereocenters. The molecule has 0 fully saturated rings. The summed E-state index contributed by atoms with van der Waals surface area (Å²) in [7, 11) is -4.18. The van der Waals surface area contributed by atoms with Gasteiger partial charge in [0.05, 0.1) is 0 Å². The standard InChI is InChI=1S/C13H11O3P/c14-17(15,16)13-11-7-3-1-5-9(11)10-6-2-4-8-12(10)13/h1-8,13H,(H2,14,15,16). The van der Waals surface area contributed by atoms with E-state index < -0.39 is 13.3 Å². The van der Waals surface area contributed by atoms with Crippen molar-refractivity contribution in [3.8, 4) is 11.1 Å². The average Bonchev–Trinajstić information content (AvgIpc) is 2.63. The van der Waals surface area contributed by atoms with E-state index in [0.29, 0.717) is 0 Å². The molecule has 17 heavy (non-hydrogen) atoms. The smallest absolute Gasteiger partial charge is 0.324 e. The van der Waals surface area contributed by atoms with Crippen molar-refractivity contribution >= 4 is 7.60 Å². The topological polar surface area (TPSA) is 57.5 Å². The Hall–Kier alpha value is -1.41. The zero-order chi connectivity index (χ0) is 12.0. The summed E-state index contributed by atoms with van der Waals surface area (Å²) in [6.07, 6.45) is 0. The van der Waals surface area contributed by atoms with Gasteiger partial charge in [0.25, 0.3) is 0 Å². The predicted molar refractivity (Wildman–Crippen MR) is 65.8 cm³/mol. The first-order chi connectivity index (χ1) is 8.09. The highest BCUT2D eigenvalue weighted by atomic mass is 31.2. The summed E-state index contributed by atoms with van der Waals surface area (Å²) < 4.78 is 11.7. The SMILES string of the molecule is O=P(O)(O)C1c2ccccc2-c2ccccc21. The lowest BCUT2D eigenvalue weighted by Gasteiger charge is -2.14. The van der Waals surface area contributed by atoms with Crippen LogP contribution < -0.4 is 0 Å². The monoisotopic (exact) mass is 246 g/mol. The molecule has 0 radical (unpaired) electrons. The Kier molecular flexibility index (Phi) is 2.23. The highest BCUT2D eigenvalue weighted by Gasteiger charge is 2.39. The predicted octanol–water partition coefficient (Wildman–Crippen LogP) is 2.93. The molecule has 0 unspecified atom stereocenters. The molecule has 2 N–H and O–H groups in total. The Morgan fingerprint density at radius 3 is 1.65 bits per heavy atom. The van der Waals surface area contributed by atoms with Crippen LogP contribution in [0.4, 0.5) is 0 Å². The van der Waals surface area contributed by atoms with Gasteiger partial charge in [-0.2, -0.15) is 0 Å². The van der Waals surface area contributed by atoms with E-state index in [-0.39, 0.29) is 0 Å². The molecule has 1 aliphatic rings. The second kappa shape index (κ2) is 3.54. The Morgan fingerprint density at radius 1 is 0.824 bits per heavy atom. The highest BCUT2D eigenvalue weighted by Crippen LogP contribution is 2.62. The van der Waals surface area contributed by atoms with Gasteiger partial charge in [-0.15, -0.1) is 0 Å². The normalized spacial score (nSPS) is 14.5. The quantitative estimate of drug-likeness (QED) is 0.760. The van der Waals surface area contributed by atoms with E-state index in [4.69, 9.17) is 0 Å². The third-order valence-corrected chi connectivity index (χ3v) is 4.37. The van der Waals surface area contributed by atoms with Crippen LogP contribution in [0.3, 0.4) is 0 Å². The number of fused-ring (bicyclic) bond motifs is 3. The van der Waals surface area contributed by atoms with Crippen LogP contribution in [0.2, 0.25) is 0 Å². The van der Waals surface area contributed by atoms with Crippen molar-refractivity contribution in [2.45, 2.75) is 5.66 Å².